The highest BCUT2D eigenvalue weighted by Gasteiger charge is 2.48. The van der Waals surface area contributed by atoms with Gasteiger partial charge in [0.2, 0.25) is 0 Å². The first kappa shape index (κ1) is 19.0. The van der Waals surface area contributed by atoms with Gasteiger partial charge in [-0.2, -0.15) is 0 Å². The molecule has 0 bridgehead atoms. The van der Waals surface area contributed by atoms with E-state index in [4.69, 9.17) is 10.5 Å². The molecule has 1 aromatic carbocycles. The van der Waals surface area contributed by atoms with E-state index in [-0.39, 0.29) is 32.8 Å². The van der Waals surface area contributed by atoms with Gasteiger partial charge in [-0.25, -0.2) is 9.59 Å². The number of nitrogens with two attached hydrogens (primary N) is 1. The monoisotopic (exact) mass is 376 g/mol. The normalized spacial score (nSPS) is 20.7. The average molecular weight is 376 g/mol. The zero-order valence-corrected chi connectivity index (χ0v) is 15.4. The Balaban J connectivity index is 1.60. The van der Waals surface area contributed by atoms with Gasteiger partial charge in [0, 0.05) is 13.1 Å². The minimum atomic E-state index is -1.02. The maximum Gasteiger partial charge on any atom is 0.327 e. The number of nitrogens with zero attached hydrogens (tertiary/aromatic N) is 3. The van der Waals surface area contributed by atoms with E-state index in [1.54, 1.807) is 0 Å². The second-order valence-electron chi connectivity index (χ2n) is 6.96. The molecular formula is C18H24N4O5. The van der Waals surface area contributed by atoms with E-state index in [2.05, 4.69) is 0 Å². The standard InChI is InChI=1S/C18H24N4O5/c1-11-3-4-12(2)15(7-11)27-10-13(23)8-22-16(24)14-9-20(17(19)25)5-6-21(14)18(22)26/h3-4,7,13-14,23H,5-6,8-10H2,1-2H3,(H2,19,25)/t13-,14+/m1/s1. The van der Waals surface area contributed by atoms with Crippen LogP contribution in [-0.2, 0) is 4.79 Å². The molecule has 27 heavy (non-hydrogen) atoms. The minimum absolute atomic E-state index is 0.0422. The van der Waals surface area contributed by atoms with Gasteiger partial charge in [0.15, 0.2) is 0 Å². The van der Waals surface area contributed by atoms with Crippen molar-refractivity contribution in [3.63, 3.8) is 0 Å². The van der Waals surface area contributed by atoms with E-state index in [9.17, 15) is 19.5 Å². The van der Waals surface area contributed by atoms with Crippen molar-refractivity contribution in [2.45, 2.75) is 26.0 Å². The molecule has 9 nitrogen and oxygen atoms in total. The van der Waals surface area contributed by atoms with Crippen molar-refractivity contribution in [2.75, 3.05) is 32.8 Å². The van der Waals surface area contributed by atoms with Crippen LogP contribution in [0.2, 0.25) is 0 Å². The largest absolute Gasteiger partial charge is 0.491 e. The van der Waals surface area contributed by atoms with Crippen LogP contribution in [0.15, 0.2) is 18.2 Å². The van der Waals surface area contributed by atoms with Gasteiger partial charge in [-0.3, -0.25) is 9.69 Å². The summed E-state index contributed by atoms with van der Waals surface area (Å²) in [5.74, 6) is 0.222. The number of rotatable bonds is 5. The van der Waals surface area contributed by atoms with Crippen LogP contribution >= 0.6 is 0 Å². The number of hydrogen-bond donors (Lipinski definition) is 2. The number of ether oxygens (including phenoxy) is 1. The molecule has 9 heteroatoms. The summed E-state index contributed by atoms with van der Waals surface area (Å²) in [5.41, 5.74) is 7.23. The minimum Gasteiger partial charge on any atom is -0.491 e. The van der Waals surface area contributed by atoms with Crippen molar-refractivity contribution in [3.8, 4) is 5.75 Å². The first-order valence-electron chi connectivity index (χ1n) is 8.82. The molecule has 0 aromatic heterocycles. The number of carbonyl (C=O) groups is 3. The quantitative estimate of drug-likeness (QED) is 0.706. The Morgan fingerprint density at radius 3 is 2.78 bits per heavy atom. The second-order valence-corrected chi connectivity index (χ2v) is 6.96. The van der Waals surface area contributed by atoms with Gasteiger partial charge in [-0.05, 0) is 31.0 Å². The maximum atomic E-state index is 12.6. The van der Waals surface area contributed by atoms with E-state index in [0.717, 1.165) is 16.0 Å². The smallest absolute Gasteiger partial charge is 0.327 e. The Kier molecular flexibility index (Phi) is 5.22. The number of aliphatic hydroxyl groups excluding tert-OH is 1. The molecule has 0 radical (unpaired) electrons. The molecule has 0 saturated carbocycles. The number of aryl methyl sites for hydroxylation is 2. The van der Waals surface area contributed by atoms with Crippen molar-refractivity contribution in [1.82, 2.24) is 14.7 Å². The summed E-state index contributed by atoms with van der Waals surface area (Å²) >= 11 is 0. The predicted molar refractivity (Wildman–Crippen MR) is 96.2 cm³/mol. The topological polar surface area (TPSA) is 116 Å². The number of primary amides is 1. The lowest BCUT2D eigenvalue weighted by Gasteiger charge is -2.34. The first-order valence-corrected chi connectivity index (χ1v) is 8.82. The molecule has 2 saturated heterocycles. The molecule has 0 aliphatic carbocycles. The second kappa shape index (κ2) is 7.43. The molecule has 3 N–H and O–H groups in total. The summed E-state index contributed by atoms with van der Waals surface area (Å²) < 4.78 is 5.65. The highest BCUT2D eigenvalue weighted by atomic mass is 16.5. The van der Waals surface area contributed by atoms with Gasteiger partial charge in [0.05, 0.1) is 13.1 Å². The molecular weight excluding hydrogens is 352 g/mol. The summed E-state index contributed by atoms with van der Waals surface area (Å²) in [6.45, 7) is 4.24. The van der Waals surface area contributed by atoms with Crippen molar-refractivity contribution in [3.05, 3.63) is 29.3 Å². The van der Waals surface area contributed by atoms with Gasteiger partial charge in [0.1, 0.15) is 24.5 Å². The third-order valence-electron chi connectivity index (χ3n) is 4.89. The van der Waals surface area contributed by atoms with Crippen LogP contribution in [0.25, 0.3) is 0 Å². The fourth-order valence-corrected chi connectivity index (χ4v) is 3.33. The van der Waals surface area contributed by atoms with Crippen molar-refractivity contribution >= 4 is 18.0 Å². The SMILES string of the molecule is Cc1ccc(C)c(OC[C@H](O)CN2C(=O)[C@@H]3CN(C(N)=O)CCN3C2=O)c1. The summed E-state index contributed by atoms with van der Waals surface area (Å²) in [6, 6.07) is 3.94. The van der Waals surface area contributed by atoms with E-state index in [1.165, 1.54) is 9.80 Å². The van der Waals surface area contributed by atoms with E-state index < -0.39 is 30.1 Å². The van der Waals surface area contributed by atoms with Crippen LogP contribution in [-0.4, -0.2) is 82.7 Å². The molecule has 5 amide bonds. The molecule has 1 aromatic rings. The van der Waals surface area contributed by atoms with Gasteiger partial charge >= 0.3 is 12.1 Å². The van der Waals surface area contributed by atoms with E-state index in [0.29, 0.717) is 5.75 Å². The highest BCUT2D eigenvalue weighted by Crippen LogP contribution is 2.23. The summed E-state index contributed by atoms with van der Waals surface area (Å²) in [7, 11) is 0. The fraction of sp³-hybridized carbons (Fsp3) is 0.500. The fourth-order valence-electron chi connectivity index (χ4n) is 3.33. The number of hydrogen-bond acceptors (Lipinski definition) is 5. The lowest BCUT2D eigenvalue weighted by molar-refractivity contribution is -0.130. The van der Waals surface area contributed by atoms with Gasteiger partial charge in [-0.1, -0.05) is 12.1 Å². The maximum absolute atomic E-state index is 12.6. The molecule has 2 atom stereocenters. The zero-order chi connectivity index (χ0) is 19.7. The van der Waals surface area contributed by atoms with Crippen molar-refractivity contribution < 1.29 is 24.2 Å². The predicted octanol–water partition coefficient (Wildman–Crippen LogP) is 0.0702. The summed E-state index contributed by atoms with van der Waals surface area (Å²) in [6.07, 6.45) is -1.02. The summed E-state index contributed by atoms with van der Waals surface area (Å²) in [4.78, 5) is 40.1. The number of piperazine rings is 1. The molecule has 0 unspecified atom stereocenters. The van der Waals surface area contributed by atoms with Crippen LogP contribution < -0.4 is 10.5 Å². The van der Waals surface area contributed by atoms with Crippen LogP contribution in [0.5, 0.6) is 5.75 Å². The first-order chi connectivity index (χ1) is 12.8. The van der Waals surface area contributed by atoms with Crippen molar-refractivity contribution in [2.24, 2.45) is 5.73 Å². The molecule has 3 rings (SSSR count). The number of carbonyl (C=O) groups excluding carboxylic acids is 3. The Labute approximate surface area is 157 Å². The van der Waals surface area contributed by atoms with Crippen LogP contribution in [0.1, 0.15) is 11.1 Å². The molecule has 0 spiro atoms. The number of imide groups is 1. The average Bonchev–Trinajstić information content (AvgIpc) is 2.87. The van der Waals surface area contributed by atoms with Gasteiger partial charge in [-0.15, -0.1) is 0 Å². The van der Waals surface area contributed by atoms with E-state index in [1.807, 2.05) is 32.0 Å². The number of amides is 5. The van der Waals surface area contributed by atoms with Gasteiger partial charge in [0.25, 0.3) is 5.91 Å². The lowest BCUT2D eigenvalue weighted by atomic mass is 10.1. The Hall–Kier alpha value is -2.81. The lowest BCUT2D eigenvalue weighted by Crippen LogP contribution is -2.55. The number of fused-ring (bicyclic) bond motifs is 1. The van der Waals surface area contributed by atoms with Crippen LogP contribution in [0, 0.1) is 13.8 Å². The van der Waals surface area contributed by atoms with Crippen LogP contribution in [0.4, 0.5) is 9.59 Å². The Morgan fingerprint density at radius 2 is 2.07 bits per heavy atom. The summed E-state index contributed by atoms with van der Waals surface area (Å²) in [5, 5.41) is 10.3. The van der Waals surface area contributed by atoms with Crippen molar-refractivity contribution in [1.29, 1.82) is 0 Å². The highest BCUT2D eigenvalue weighted by molar-refractivity contribution is 6.04. The zero-order valence-electron chi connectivity index (χ0n) is 15.4. The number of urea groups is 2. The molecule has 146 valence electrons. The van der Waals surface area contributed by atoms with Crippen LogP contribution in [0.3, 0.4) is 0 Å². The number of aliphatic hydroxyl groups is 1. The number of β-amino-alcohol motifs (C(OH)–C–C–N with tert-alkyl or cyclic N) is 1. The van der Waals surface area contributed by atoms with E-state index >= 15 is 0 Å². The third kappa shape index (κ3) is 3.82. The third-order valence-corrected chi connectivity index (χ3v) is 4.89. The molecule has 2 fully saturated rings. The molecule has 2 aliphatic heterocycles. The molecule has 2 aliphatic rings. The Morgan fingerprint density at radius 1 is 1.33 bits per heavy atom. The molecule has 2 heterocycles. The Bertz CT molecular complexity index is 768. The van der Waals surface area contributed by atoms with Gasteiger partial charge < -0.3 is 25.4 Å². The number of benzene rings is 1.